The van der Waals surface area contributed by atoms with Crippen LogP contribution in [0.2, 0.25) is 0 Å². The summed E-state index contributed by atoms with van der Waals surface area (Å²) in [7, 11) is 0. The summed E-state index contributed by atoms with van der Waals surface area (Å²) in [4.78, 5) is 18.4. The molecule has 3 aromatic carbocycles. The third-order valence-electron chi connectivity index (χ3n) is 4.32. The first-order valence-corrected chi connectivity index (χ1v) is 9.21. The molecule has 6 nitrogen and oxygen atoms in total. The largest absolute Gasteiger partial charge is 0.494 e. The van der Waals surface area contributed by atoms with E-state index in [2.05, 4.69) is 20.9 Å². The second-order valence-electron chi connectivity index (χ2n) is 6.14. The minimum absolute atomic E-state index is 0.0520. The molecule has 0 unspecified atom stereocenters. The number of non-ortho nitro benzene ring substituents is 1. The van der Waals surface area contributed by atoms with Gasteiger partial charge in [-0.05, 0) is 30.3 Å². The lowest BCUT2D eigenvalue weighted by Gasteiger charge is -2.08. The van der Waals surface area contributed by atoms with Crippen molar-refractivity contribution < 1.29 is 10.0 Å². The number of nitrogens with zero attached hydrogens (tertiary/aromatic N) is 2. The molecule has 0 aliphatic carbocycles. The Morgan fingerprint density at radius 3 is 2.43 bits per heavy atom. The molecule has 2 N–H and O–H groups in total. The summed E-state index contributed by atoms with van der Waals surface area (Å²) in [5.74, 6) is -0.0878. The molecule has 0 bridgehead atoms. The van der Waals surface area contributed by atoms with Gasteiger partial charge in [-0.1, -0.05) is 46.3 Å². The van der Waals surface area contributed by atoms with Gasteiger partial charge < -0.3 is 10.1 Å². The summed E-state index contributed by atoms with van der Waals surface area (Å²) >= 11 is 3.40. The van der Waals surface area contributed by atoms with E-state index in [4.69, 9.17) is 4.99 Å². The van der Waals surface area contributed by atoms with Crippen LogP contribution in [0.1, 0.15) is 11.1 Å². The average molecular weight is 436 g/mol. The molecule has 0 amide bonds. The minimum Gasteiger partial charge on any atom is -0.494 e. The highest BCUT2D eigenvalue weighted by Gasteiger charge is 2.20. The maximum Gasteiger partial charge on any atom is 0.270 e. The standard InChI is InChI=1S/C21H14BrN3O3/c22-14-6-8-15(9-7-14)23-20(13-4-2-1-3-5-13)19-17-12-16(25(27)28)10-11-18(17)24-21(19)26/h1-12,24,26H. The zero-order valence-electron chi connectivity index (χ0n) is 14.5. The number of fused-ring (bicyclic) bond motifs is 1. The van der Waals surface area contributed by atoms with Crippen molar-refractivity contribution in [3.05, 3.63) is 98.5 Å². The number of hydrogen-bond donors (Lipinski definition) is 2. The Balaban J connectivity index is 1.99. The van der Waals surface area contributed by atoms with Gasteiger partial charge in [0.15, 0.2) is 5.88 Å². The molecule has 4 rings (SSSR count). The zero-order valence-corrected chi connectivity index (χ0v) is 16.1. The van der Waals surface area contributed by atoms with E-state index < -0.39 is 4.92 Å². The SMILES string of the molecule is O=[N+]([O-])c1ccc2[nH]c(O)c(C(=Nc3ccc(Br)cc3)c3ccccc3)c2c1. The van der Waals surface area contributed by atoms with E-state index in [-0.39, 0.29) is 11.6 Å². The van der Waals surface area contributed by atoms with Gasteiger partial charge in [0.2, 0.25) is 0 Å². The van der Waals surface area contributed by atoms with Crippen LogP contribution in [0.5, 0.6) is 5.88 Å². The predicted molar refractivity (Wildman–Crippen MR) is 113 cm³/mol. The molecule has 28 heavy (non-hydrogen) atoms. The molecule has 0 radical (unpaired) electrons. The summed E-state index contributed by atoms with van der Waals surface area (Å²) in [6.07, 6.45) is 0. The van der Waals surface area contributed by atoms with Crippen molar-refractivity contribution >= 4 is 43.9 Å². The zero-order chi connectivity index (χ0) is 19.7. The van der Waals surface area contributed by atoms with E-state index in [9.17, 15) is 15.2 Å². The molecule has 0 spiro atoms. The monoisotopic (exact) mass is 435 g/mol. The van der Waals surface area contributed by atoms with Crippen LogP contribution in [0.3, 0.4) is 0 Å². The molecular weight excluding hydrogens is 422 g/mol. The molecule has 1 aromatic heterocycles. The van der Waals surface area contributed by atoms with Crippen molar-refractivity contribution in [1.29, 1.82) is 0 Å². The molecule has 0 saturated heterocycles. The number of H-pyrrole nitrogens is 1. The predicted octanol–water partition coefficient (Wildman–Crippen LogP) is 5.71. The van der Waals surface area contributed by atoms with Gasteiger partial charge in [0, 0.05) is 33.1 Å². The Labute approximate surface area is 168 Å². The Morgan fingerprint density at radius 2 is 1.75 bits per heavy atom. The highest BCUT2D eigenvalue weighted by atomic mass is 79.9. The number of aromatic nitrogens is 1. The Morgan fingerprint density at radius 1 is 1.04 bits per heavy atom. The Hall–Kier alpha value is -3.45. The van der Waals surface area contributed by atoms with Crippen LogP contribution in [0, 0.1) is 10.1 Å². The first-order chi connectivity index (χ1) is 13.5. The van der Waals surface area contributed by atoms with Gasteiger partial charge in [0.05, 0.1) is 21.9 Å². The molecule has 7 heteroatoms. The second-order valence-corrected chi connectivity index (χ2v) is 7.05. The number of nitro benzene ring substituents is 1. The van der Waals surface area contributed by atoms with E-state index in [0.717, 1.165) is 10.0 Å². The van der Waals surface area contributed by atoms with E-state index in [1.165, 1.54) is 12.1 Å². The molecule has 0 aliphatic rings. The first kappa shape index (κ1) is 17.9. The quantitative estimate of drug-likeness (QED) is 0.244. The first-order valence-electron chi connectivity index (χ1n) is 8.42. The molecule has 138 valence electrons. The molecule has 0 aliphatic heterocycles. The summed E-state index contributed by atoms with van der Waals surface area (Å²) in [6, 6.07) is 21.3. The normalized spacial score (nSPS) is 11.7. The number of nitro groups is 1. The third kappa shape index (κ3) is 3.39. The number of aromatic hydroxyl groups is 1. The topological polar surface area (TPSA) is 91.5 Å². The molecule has 4 aromatic rings. The fourth-order valence-corrected chi connectivity index (χ4v) is 3.29. The van der Waals surface area contributed by atoms with Crippen LogP contribution in [0.15, 0.2) is 82.3 Å². The van der Waals surface area contributed by atoms with Gasteiger partial charge in [-0.15, -0.1) is 0 Å². The number of rotatable bonds is 4. The van der Waals surface area contributed by atoms with Gasteiger partial charge in [0.1, 0.15) is 0 Å². The van der Waals surface area contributed by atoms with Crippen LogP contribution >= 0.6 is 15.9 Å². The smallest absolute Gasteiger partial charge is 0.270 e. The molecule has 1 heterocycles. The lowest BCUT2D eigenvalue weighted by atomic mass is 10.0. The van der Waals surface area contributed by atoms with Crippen LogP contribution in [0.25, 0.3) is 10.9 Å². The maximum atomic E-state index is 11.2. The van der Waals surface area contributed by atoms with Gasteiger partial charge in [0.25, 0.3) is 5.69 Å². The average Bonchev–Trinajstić information content (AvgIpc) is 3.03. The fraction of sp³-hybridized carbons (Fsp3) is 0. The number of nitrogens with one attached hydrogen (secondary N) is 1. The number of aromatic amines is 1. The summed E-state index contributed by atoms with van der Waals surface area (Å²) in [6.45, 7) is 0. The van der Waals surface area contributed by atoms with E-state index in [1.54, 1.807) is 6.07 Å². The molecule has 0 atom stereocenters. The van der Waals surface area contributed by atoms with Crippen molar-refractivity contribution in [2.75, 3.05) is 0 Å². The third-order valence-corrected chi connectivity index (χ3v) is 4.85. The van der Waals surface area contributed by atoms with Crippen molar-refractivity contribution in [3.63, 3.8) is 0 Å². The van der Waals surface area contributed by atoms with Crippen LogP contribution in [-0.4, -0.2) is 20.7 Å². The van der Waals surface area contributed by atoms with Gasteiger partial charge >= 0.3 is 0 Å². The van der Waals surface area contributed by atoms with Crippen molar-refractivity contribution in [2.45, 2.75) is 0 Å². The summed E-state index contributed by atoms with van der Waals surface area (Å²) in [5.41, 5.74) is 2.97. The lowest BCUT2D eigenvalue weighted by Crippen LogP contribution is -2.03. The second kappa shape index (κ2) is 7.28. The van der Waals surface area contributed by atoms with Crippen LogP contribution < -0.4 is 0 Å². The number of halogens is 1. The molecule has 0 saturated carbocycles. The van der Waals surface area contributed by atoms with E-state index in [0.29, 0.717) is 27.9 Å². The van der Waals surface area contributed by atoms with Gasteiger partial charge in [-0.25, -0.2) is 4.99 Å². The summed E-state index contributed by atoms with van der Waals surface area (Å²) < 4.78 is 0.929. The van der Waals surface area contributed by atoms with Crippen molar-refractivity contribution in [3.8, 4) is 5.88 Å². The number of hydrogen-bond acceptors (Lipinski definition) is 4. The van der Waals surface area contributed by atoms with Crippen LogP contribution in [0.4, 0.5) is 11.4 Å². The van der Waals surface area contributed by atoms with Crippen molar-refractivity contribution in [1.82, 2.24) is 4.98 Å². The fourth-order valence-electron chi connectivity index (χ4n) is 3.02. The Bertz CT molecular complexity index is 1200. The molecular formula is C21H14BrN3O3. The van der Waals surface area contributed by atoms with Gasteiger partial charge in [-0.3, -0.25) is 10.1 Å². The van der Waals surface area contributed by atoms with Crippen molar-refractivity contribution in [2.24, 2.45) is 4.99 Å². The summed E-state index contributed by atoms with van der Waals surface area (Å²) in [5, 5.41) is 22.4. The molecule has 0 fully saturated rings. The number of benzene rings is 3. The Kier molecular flexibility index (Phi) is 4.67. The van der Waals surface area contributed by atoms with E-state index >= 15 is 0 Å². The minimum atomic E-state index is -0.457. The van der Waals surface area contributed by atoms with Gasteiger partial charge in [-0.2, -0.15) is 0 Å². The highest BCUT2D eigenvalue weighted by molar-refractivity contribution is 9.10. The highest BCUT2D eigenvalue weighted by Crippen LogP contribution is 2.33. The number of aliphatic imine (C=N–C) groups is 1. The van der Waals surface area contributed by atoms with E-state index in [1.807, 2.05) is 54.6 Å². The lowest BCUT2D eigenvalue weighted by molar-refractivity contribution is -0.384. The maximum absolute atomic E-state index is 11.2. The van der Waals surface area contributed by atoms with Crippen LogP contribution in [-0.2, 0) is 0 Å².